The molecule has 0 radical (unpaired) electrons. The minimum Gasteiger partial charge on any atom is -0.495 e. The number of para-hydroxylation sites is 3. The van der Waals surface area contributed by atoms with Crippen LogP contribution in [-0.2, 0) is 4.79 Å². The number of aromatic nitrogens is 3. The van der Waals surface area contributed by atoms with Gasteiger partial charge in [-0.05, 0) is 63.2 Å². The Morgan fingerprint density at radius 2 is 1.76 bits per heavy atom. The Labute approximate surface area is 237 Å². The molecule has 5 rings (SSSR count). The molecular weight excluding hydrogens is 522 g/mol. The van der Waals surface area contributed by atoms with Gasteiger partial charge in [0.05, 0.1) is 28.9 Å². The molecule has 4 aromatic rings. The maximum absolute atomic E-state index is 13.9. The molecule has 11 heteroatoms. The number of allylic oxidation sites excluding steroid dienone is 1. The SMILES string of the molecule is CCN(CC)c1ccc(-c2nc3n(n2)C(c2ccccc2[N+](=O)[O-])C(C(=O)Nc2ccccc2OC)=C(C)N3)cc1. The number of hydrogen-bond donors (Lipinski definition) is 2. The quantitative estimate of drug-likeness (QED) is 0.201. The van der Waals surface area contributed by atoms with E-state index >= 15 is 0 Å². The van der Waals surface area contributed by atoms with Crippen LogP contribution in [0.4, 0.5) is 23.0 Å². The summed E-state index contributed by atoms with van der Waals surface area (Å²) in [5, 5.41) is 22.9. The molecule has 41 heavy (non-hydrogen) atoms. The van der Waals surface area contributed by atoms with Gasteiger partial charge >= 0.3 is 0 Å². The number of carbonyl (C=O) groups excluding carboxylic acids is 1. The fraction of sp³-hybridized carbons (Fsp3) is 0.233. The fourth-order valence-corrected chi connectivity index (χ4v) is 5.09. The van der Waals surface area contributed by atoms with Crippen LogP contribution in [0.3, 0.4) is 0 Å². The van der Waals surface area contributed by atoms with Gasteiger partial charge in [0.25, 0.3) is 11.6 Å². The average Bonchev–Trinajstić information content (AvgIpc) is 3.41. The largest absolute Gasteiger partial charge is 0.495 e. The topological polar surface area (TPSA) is 127 Å². The number of nitrogens with zero attached hydrogens (tertiary/aromatic N) is 5. The first-order valence-electron chi connectivity index (χ1n) is 13.3. The van der Waals surface area contributed by atoms with E-state index in [9.17, 15) is 14.9 Å². The zero-order valence-electron chi connectivity index (χ0n) is 23.3. The standard InChI is InChI=1S/C30H31N7O4/c1-5-35(6-2)21-17-15-20(16-18-21)28-33-30-31-19(3)26(29(38)32-23-12-8-10-14-25(23)41-4)27(36(30)34-28)22-11-7-9-13-24(22)37(39)40/h7-18,27H,5-6H2,1-4H3,(H,32,38)(H,31,33,34). The molecule has 0 saturated carbocycles. The number of amides is 1. The first kappa shape index (κ1) is 27.4. The Morgan fingerprint density at radius 1 is 1.07 bits per heavy atom. The van der Waals surface area contributed by atoms with Crippen molar-refractivity contribution in [3.8, 4) is 17.1 Å². The predicted octanol–water partition coefficient (Wildman–Crippen LogP) is 5.64. The minimum atomic E-state index is -0.918. The molecule has 0 fully saturated rings. The lowest BCUT2D eigenvalue weighted by Crippen LogP contribution is -2.32. The fourth-order valence-electron chi connectivity index (χ4n) is 5.09. The number of nitrogens with one attached hydrogen (secondary N) is 2. The first-order chi connectivity index (χ1) is 19.9. The molecule has 11 nitrogen and oxygen atoms in total. The molecule has 1 aliphatic rings. The minimum absolute atomic E-state index is 0.124. The average molecular weight is 554 g/mol. The Hall–Kier alpha value is -5.19. The van der Waals surface area contributed by atoms with Crippen molar-refractivity contribution in [1.82, 2.24) is 14.8 Å². The number of ether oxygens (including phenoxy) is 1. The van der Waals surface area contributed by atoms with E-state index in [0.717, 1.165) is 24.3 Å². The van der Waals surface area contributed by atoms with Gasteiger partial charge in [-0.25, -0.2) is 4.68 Å². The van der Waals surface area contributed by atoms with Gasteiger partial charge < -0.3 is 20.3 Å². The summed E-state index contributed by atoms with van der Waals surface area (Å²) in [5.74, 6) is 0.847. The third-order valence-electron chi connectivity index (χ3n) is 7.13. The van der Waals surface area contributed by atoms with E-state index < -0.39 is 16.9 Å². The second kappa shape index (κ2) is 11.5. The summed E-state index contributed by atoms with van der Waals surface area (Å²) in [7, 11) is 1.52. The molecule has 1 unspecified atom stereocenters. The van der Waals surface area contributed by atoms with Crippen LogP contribution in [0.2, 0.25) is 0 Å². The van der Waals surface area contributed by atoms with Crippen LogP contribution in [0.25, 0.3) is 11.4 Å². The number of nitro groups is 1. The maximum Gasteiger partial charge on any atom is 0.275 e. The third kappa shape index (κ3) is 5.21. The second-order valence-electron chi connectivity index (χ2n) is 9.46. The van der Waals surface area contributed by atoms with Crippen LogP contribution in [-0.4, -0.2) is 45.8 Å². The number of methoxy groups -OCH3 is 1. The van der Waals surface area contributed by atoms with Crippen molar-refractivity contribution in [2.45, 2.75) is 26.8 Å². The molecule has 2 heterocycles. The highest BCUT2D eigenvalue weighted by molar-refractivity contribution is 6.06. The van der Waals surface area contributed by atoms with Gasteiger partial charge in [-0.1, -0.05) is 24.3 Å². The summed E-state index contributed by atoms with van der Waals surface area (Å²) in [6, 6.07) is 20.4. The molecule has 3 aromatic carbocycles. The molecule has 2 N–H and O–H groups in total. The van der Waals surface area contributed by atoms with Gasteiger partial charge in [-0.3, -0.25) is 14.9 Å². The lowest BCUT2D eigenvalue weighted by Gasteiger charge is -2.28. The van der Waals surface area contributed by atoms with Crippen molar-refractivity contribution in [3.05, 3.63) is 99.7 Å². The highest BCUT2D eigenvalue weighted by atomic mass is 16.6. The molecule has 0 aliphatic carbocycles. The van der Waals surface area contributed by atoms with E-state index in [-0.39, 0.29) is 11.3 Å². The predicted molar refractivity (Wildman–Crippen MR) is 158 cm³/mol. The smallest absolute Gasteiger partial charge is 0.275 e. The van der Waals surface area contributed by atoms with Crippen LogP contribution in [0.15, 0.2) is 84.1 Å². The van der Waals surface area contributed by atoms with Crippen molar-refractivity contribution < 1.29 is 14.5 Å². The molecule has 0 bridgehead atoms. The van der Waals surface area contributed by atoms with Crippen molar-refractivity contribution >= 4 is 28.9 Å². The Morgan fingerprint density at radius 3 is 2.44 bits per heavy atom. The first-order valence-corrected chi connectivity index (χ1v) is 13.3. The Balaban J connectivity index is 1.60. The molecule has 1 atom stereocenters. The van der Waals surface area contributed by atoms with Crippen LogP contribution < -0.4 is 20.3 Å². The summed E-state index contributed by atoms with van der Waals surface area (Å²) in [6.45, 7) is 7.73. The molecule has 0 saturated heterocycles. The van der Waals surface area contributed by atoms with Crippen molar-refractivity contribution in [3.63, 3.8) is 0 Å². The summed E-state index contributed by atoms with van der Waals surface area (Å²) in [4.78, 5) is 32.4. The maximum atomic E-state index is 13.9. The molecule has 1 aliphatic heterocycles. The number of carbonyl (C=O) groups is 1. The number of benzene rings is 3. The summed E-state index contributed by atoms with van der Waals surface area (Å²) >= 11 is 0. The van der Waals surface area contributed by atoms with Crippen molar-refractivity contribution in [1.29, 1.82) is 0 Å². The molecule has 210 valence electrons. The van der Waals surface area contributed by atoms with Crippen LogP contribution in [0.1, 0.15) is 32.4 Å². The van der Waals surface area contributed by atoms with E-state index in [4.69, 9.17) is 14.8 Å². The van der Waals surface area contributed by atoms with E-state index in [1.165, 1.54) is 13.2 Å². The van der Waals surface area contributed by atoms with Gasteiger partial charge in [0.15, 0.2) is 5.82 Å². The lowest BCUT2D eigenvalue weighted by molar-refractivity contribution is -0.385. The van der Waals surface area contributed by atoms with Crippen LogP contribution in [0.5, 0.6) is 5.75 Å². The van der Waals surface area contributed by atoms with E-state index in [1.54, 1.807) is 54.1 Å². The molecular formula is C30H31N7O4. The third-order valence-corrected chi connectivity index (χ3v) is 7.13. The summed E-state index contributed by atoms with van der Waals surface area (Å²) in [5.41, 5.74) is 3.31. The Kier molecular flexibility index (Phi) is 7.68. The van der Waals surface area contributed by atoms with Crippen LogP contribution >= 0.6 is 0 Å². The van der Waals surface area contributed by atoms with E-state index in [1.807, 2.05) is 24.3 Å². The molecule has 1 amide bonds. The molecule has 0 spiro atoms. The zero-order valence-corrected chi connectivity index (χ0v) is 23.3. The highest BCUT2D eigenvalue weighted by Crippen LogP contribution is 2.40. The van der Waals surface area contributed by atoms with Gasteiger partial charge in [-0.2, -0.15) is 4.98 Å². The monoisotopic (exact) mass is 553 g/mol. The van der Waals surface area contributed by atoms with Crippen LogP contribution in [0, 0.1) is 10.1 Å². The Bertz CT molecular complexity index is 1620. The number of hydrogen-bond acceptors (Lipinski definition) is 8. The van der Waals surface area contributed by atoms with Gasteiger partial charge in [0.2, 0.25) is 5.95 Å². The van der Waals surface area contributed by atoms with E-state index in [0.29, 0.717) is 34.5 Å². The lowest BCUT2D eigenvalue weighted by atomic mass is 9.93. The summed E-state index contributed by atoms with van der Waals surface area (Å²) in [6.07, 6.45) is 0. The summed E-state index contributed by atoms with van der Waals surface area (Å²) < 4.78 is 6.94. The second-order valence-corrected chi connectivity index (χ2v) is 9.46. The van der Waals surface area contributed by atoms with Gasteiger partial charge in [-0.15, -0.1) is 5.10 Å². The normalized spacial score (nSPS) is 14.2. The van der Waals surface area contributed by atoms with E-state index in [2.05, 4.69) is 29.4 Å². The number of anilines is 3. The number of rotatable bonds is 9. The van der Waals surface area contributed by atoms with Gasteiger partial charge in [0.1, 0.15) is 11.8 Å². The number of fused-ring (bicyclic) bond motifs is 1. The molecule has 1 aromatic heterocycles. The van der Waals surface area contributed by atoms with Crippen molar-refractivity contribution in [2.24, 2.45) is 0 Å². The van der Waals surface area contributed by atoms with Crippen molar-refractivity contribution in [2.75, 3.05) is 35.7 Å². The number of nitro benzene ring substituents is 1. The van der Waals surface area contributed by atoms with Gasteiger partial charge in [0, 0.05) is 36.1 Å². The highest BCUT2D eigenvalue weighted by Gasteiger charge is 2.38. The zero-order chi connectivity index (χ0) is 29.1.